The number of hydrogen-bond donors (Lipinski definition) is 0. The van der Waals surface area contributed by atoms with Crippen molar-refractivity contribution in [1.82, 2.24) is 53.9 Å². The molecule has 816 valence electrons. The van der Waals surface area contributed by atoms with Crippen molar-refractivity contribution >= 4 is 0 Å². The number of nitrogens with zero attached hydrogens (tertiary/aromatic N) is 11. The topological polar surface area (TPSA) is 81.8 Å². The first-order valence-electron chi connectivity index (χ1n) is 63.0. The Hall–Kier alpha value is -0.640. The van der Waals surface area contributed by atoms with Gasteiger partial charge in [-0.25, -0.2) is 0 Å². The summed E-state index contributed by atoms with van der Waals surface area (Å²) in [4.78, 5) is 29.4. The smallest absolute Gasteiger partial charge is 0.0494 e. The fraction of sp³-hybridized carbons (Fsp3) is 1.00. The molecule has 11 heterocycles. The van der Waals surface area contributed by atoms with E-state index in [0.717, 1.165) is 184 Å². The summed E-state index contributed by atoms with van der Waals surface area (Å²) in [5, 5.41) is 0. The van der Waals surface area contributed by atoms with Crippen LogP contribution in [0.3, 0.4) is 0 Å². The van der Waals surface area contributed by atoms with E-state index in [1.165, 1.54) is 518 Å². The second-order valence-electron chi connectivity index (χ2n) is 49.8. The van der Waals surface area contributed by atoms with Crippen LogP contribution in [0.15, 0.2) is 0 Å². The first-order valence-corrected chi connectivity index (χ1v) is 63.0. The summed E-state index contributed by atoms with van der Waals surface area (Å²) >= 11 is 0. The lowest BCUT2D eigenvalue weighted by Gasteiger charge is -2.42. The fourth-order valence-corrected chi connectivity index (χ4v) is 28.2. The van der Waals surface area contributed by atoms with E-state index >= 15 is 0 Å². The Balaban J connectivity index is 0.000000161. The van der Waals surface area contributed by atoms with Crippen molar-refractivity contribution in [3.63, 3.8) is 0 Å². The third-order valence-corrected chi connectivity index (χ3v) is 38.5. The van der Waals surface area contributed by atoms with Gasteiger partial charge >= 0.3 is 0 Å². The molecule has 16 heteroatoms. The van der Waals surface area contributed by atoms with Gasteiger partial charge in [0.25, 0.3) is 0 Å². The quantitative estimate of drug-likeness (QED) is 0.0582. The van der Waals surface area contributed by atoms with Gasteiger partial charge in [0.15, 0.2) is 0 Å². The molecule has 11 aliphatic heterocycles. The van der Waals surface area contributed by atoms with Gasteiger partial charge in [-0.1, -0.05) is 126 Å². The van der Waals surface area contributed by atoms with E-state index in [4.69, 9.17) is 23.7 Å². The van der Waals surface area contributed by atoms with Crippen LogP contribution < -0.4 is 0 Å². The maximum absolute atomic E-state index is 5.57. The summed E-state index contributed by atoms with van der Waals surface area (Å²) in [5.41, 5.74) is 0. The van der Waals surface area contributed by atoms with Crippen molar-refractivity contribution in [2.24, 2.45) is 118 Å². The standard InChI is InChI=1S/C17H33NO.2C15H29NO.C14H27N.C13H26N2.2C13H25NO.C12H23N.C11H22N2/c1-3-15-9-11-18(12-10-15)13-16-5-7-17(8-6-16)14-19-4-2;1-3-13-5-7-16(8-6-13)11-14-9-15(10-14)12-17-4-2;1-2-17-13-15-8-6-14(7-9-15)12-16-10-4-3-5-11-16;1-3-12-5-7-15(8-6-12)11-14-9-13(4-2)10-14;1-3-12-5-7-15(8-6-12)11-13-9-14(4-2)10-13;2*1-2-15-11-13-8-12(9-13)10-14-6-4-3-5-7-14;1-2-11-8-12(9-11)10-13-6-4-3-5-7-13;1-2-12-8-11(9-12)10-13-6-4-3-5-7-13/h15-17H,3-14H2,1-2H3;13-15H,3-12H2,1-2H3;14-15H,2-13H2,1H3;12-14H,3-11H2,1-2H3;12-13H,3-11H2,1-2H3;2*12-13H,2-11H2,1H3;11-12H,2-10H2,1H3;11H,2-10H2,1H3. The largest absolute Gasteiger partial charge is 0.381 e. The highest BCUT2D eigenvalue weighted by atomic mass is 16.5. The van der Waals surface area contributed by atoms with Gasteiger partial charge in [0.2, 0.25) is 0 Å². The van der Waals surface area contributed by atoms with Gasteiger partial charge in [-0.3, -0.25) is 0 Å². The minimum Gasteiger partial charge on any atom is -0.381 e. The molecule has 0 aromatic carbocycles. The summed E-state index contributed by atoms with van der Waals surface area (Å²) in [6.45, 7) is 83.3. The fourth-order valence-electron chi connectivity index (χ4n) is 28.2. The molecule has 0 radical (unpaired) electrons. The van der Waals surface area contributed by atoms with E-state index < -0.39 is 0 Å². The molecule has 0 N–H and O–H groups in total. The maximum Gasteiger partial charge on any atom is 0.0494 e. The van der Waals surface area contributed by atoms with Crippen LogP contribution in [0, 0.1) is 118 Å². The van der Waals surface area contributed by atoms with E-state index in [2.05, 4.69) is 144 Å². The normalized spacial score (nSPS) is 31.4. The summed E-state index contributed by atoms with van der Waals surface area (Å²) in [7, 11) is 0. The van der Waals surface area contributed by atoms with Crippen molar-refractivity contribution < 1.29 is 23.7 Å². The molecule has 0 spiro atoms. The Morgan fingerprint density at radius 3 is 0.496 bits per heavy atom. The molecule has 18 aliphatic rings. The van der Waals surface area contributed by atoms with Crippen LogP contribution in [0.5, 0.6) is 0 Å². The average molecular weight is 1950 g/mol. The van der Waals surface area contributed by atoms with Gasteiger partial charge in [0.1, 0.15) is 0 Å². The van der Waals surface area contributed by atoms with Crippen LogP contribution in [-0.4, -0.2) is 336 Å². The van der Waals surface area contributed by atoms with Gasteiger partial charge in [-0.15, -0.1) is 0 Å². The first-order chi connectivity index (χ1) is 68.2. The molecular formula is C123H239N11O5. The van der Waals surface area contributed by atoms with Crippen LogP contribution >= 0.6 is 0 Å². The van der Waals surface area contributed by atoms with Gasteiger partial charge < -0.3 is 77.6 Å². The van der Waals surface area contributed by atoms with Gasteiger partial charge in [-0.05, 0) is 515 Å². The highest BCUT2D eigenvalue weighted by Crippen LogP contribution is 2.42. The van der Waals surface area contributed by atoms with Crippen molar-refractivity contribution in [3.8, 4) is 0 Å². The summed E-state index contributed by atoms with van der Waals surface area (Å²) in [6.07, 6.45) is 67.5. The van der Waals surface area contributed by atoms with Crippen molar-refractivity contribution in [3.05, 3.63) is 0 Å². The minimum absolute atomic E-state index is 0.849. The monoisotopic (exact) mass is 1950 g/mol. The SMILES string of the molecule is CCC1CC(CN2CCCCC2)C1.CCC1CCN(CC2CC(CC)C2)CC1.CCC1CCN(CC2CN(CC)C2)CC1.CCN1CC(CN2CCCCC2)C1.CCOCC1CC(CN2CCC(CC)CC2)C1.CCOCC1CC(CN2CCCCC2)C1.CCOCC1CC(CN2CCCCC2)C1.CCOCC1CCC(CN2CCC(CC)CC2)CC1.CCOCC1CCC(CN2CCCCC2)CC1. The Labute approximate surface area is 864 Å². The second-order valence-corrected chi connectivity index (χ2v) is 49.8. The first kappa shape index (κ1) is 120. The van der Waals surface area contributed by atoms with E-state index in [1.807, 2.05) is 0 Å². The highest BCUT2D eigenvalue weighted by molar-refractivity contribution is 4.91. The molecule has 0 atom stereocenters. The molecular weight excluding hydrogens is 1710 g/mol. The zero-order valence-corrected chi connectivity index (χ0v) is 95.1. The molecule has 0 aromatic rings. The molecule has 7 saturated carbocycles. The lowest BCUT2D eigenvalue weighted by atomic mass is 9.73. The van der Waals surface area contributed by atoms with E-state index in [0.29, 0.717) is 0 Å². The van der Waals surface area contributed by atoms with Crippen molar-refractivity contribution in [2.45, 2.75) is 392 Å². The van der Waals surface area contributed by atoms with Crippen LogP contribution in [0.4, 0.5) is 0 Å². The average Bonchev–Trinajstić information content (AvgIpc) is 0.855. The third kappa shape index (κ3) is 48.7. The summed E-state index contributed by atoms with van der Waals surface area (Å²) in [5.74, 6) is 19.5. The molecule has 0 amide bonds. The molecule has 7 aliphatic carbocycles. The van der Waals surface area contributed by atoms with Crippen LogP contribution in [0.25, 0.3) is 0 Å². The van der Waals surface area contributed by atoms with E-state index in [-0.39, 0.29) is 0 Å². The van der Waals surface area contributed by atoms with Crippen molar-refractivity contribution in [1.29, 1.82) is 0 Å². The van der Waals surface area contributed by atoms with Gasteiger partial charge in [0.05, 0.1) is 0 Å². The zero-order chi connectivity index (χ0) is 98.1. The maximum atomic E-state index is 5.57. The molecule has 0 aromatic heterocycles. The van der Waals surface area contributed by atoms with Crippen LogP contribution in [-0.2, 0) is 23.7 Å². The Bertz CT molecular complexity index is 2690. The van der Waals surface area contributed by atoms with E-state index in [1.54, 1.807) is 0 Å². The number of piperidine rings is 9. The lowest BCUT2D eigenvalue weighted by Crippen LogP contribution is -2.52. The second kappa shape index (κ2) is 72.8. The third-order valence-electron chi connectivity index (χ3n) is 38.5. The van der Waals surface area contributed by atoms with E-state index in [9.17, 15) is 0 Å². The number of hydrogen-bond acceptors (Lipinski definition) is 16. The minimum atomic E-state index is 0.849. The Morgan fingerprint density at radius 1 is 0.144 bits per heavy atom. The van der Waals surface area contributed by atoms with Crippen molar-refractivity contribution in [2.75, 3.05) is 282 Å². The molecule has 0 unspecified atom stereocenters. The summed E-state index contributed by atoms with van der Waals surface area (Å²) in [6, 6.07) is 0. The molecule has 139 heavy (non-hydrogen) atoms. The summed E-state index contributed by atoms with van der Waals surface area (Å²) < 4.78 is 27.5. The van der Waals surface area contributed by atoms with Gasteiger partial charge in [-0.2, -0.15) is 0 Å². The number of rotatable bonds is 41. The molecule has 0 bridgehead atoms. The Morgan fingerprint density at radius 2 is 0.309 bits per heavy atom. The predicted octanol–water partition coefficient (Wildman–Crippen LogP) is 25.4. The Kier molecular flexibility index (Phi) is 62.9. The number of ether oxygens (including phenoxy) is 5. The zero-order valence-electron chi connectivity index (χ0n) is 95.1. The molecule has 18 rings (SSSR count). The molecule has 16 nitrogen and oxygen atoms in total. The van der Waals surface area contributed by atoms with Gasteiger partial charge in [0, 0.05) is 151 Å². The molecule has 18 fully saturated rings. The lowest BCUT2D eigenvalue weighted by molar-refractivity contribution is 0.0308. The van der Waals surface area contributed by atoms with Crippen LogP contribution in [0.1, 0.15) is 392 Å². The number of likely N-dealkylation sites (tertiary alicyclic amines) is 11. The molecule has 11 saturated heterocycles. The van der Waals surface area contributed by atoms with Crippen LogP contribution in [0.2, 0.25) is 0 Å². The predicted molar refractivity (Wildman–Crippen MR) is 595 cm³/mol. The highest BCUT2D eigenvalue weighted by Gasteiger charge is 2.38.